The van der Waals surface area contributed by atoms with Gasteiger partial charge in [0.25, 0.3) is 0 Å². The van der Waals surface area contributed by atoms with Crippen LogP contribution in [0.15, 0.2) is 24.3 Å². The Kier molecular flexibility index (Phi) is 3.53. The lowest BCUT2D eigenvalue weighted by Crippen LogP contribution is -2.19. The van der Waals surface area contributed by atoms with Crippen LogP contribution in [0.3, 0.4) is 0 Å². The molecule has 0 amide bonds. The molecule has 2 heteroatoms. The summed E-state index contributed by atoms with van der Waals surface area (Å²) in [6.07, 6.45) is 5.12. The smallest absolute Gasteiger partial charge is 0.0468 e. The standard InChI is InChI=1S/C15H19BrO/c16-15-13(9-11-5-7-17-8-6-11)10-12-3-1-2-4-14(12)15/h1-4,11,13,15H,5-10H2. The van der Waals surface area contributed by atoms with Gasteiger partial charge in [-0.1, -0.05) is 40.2 Å². The molecule has 0 aromatic heterocycles. The summed E-state index contributed by atoms with van der Waals surface area (Å²) in [5, 5.41) is 0. The Morgan fingerprint density at radius 1 is 1.18 bits per heavy atom. The fraction of sp³-hybridized carbons (Fsp3) is 0.600. The summed E-state index contributed by atoms with van der Waals surface area (Å²) >= 11 is 3.90. The SMILES string of the molecule is BrC1c2ccccc2CC1CC1CCOCC1. The van der Waals surface area contributed by atoms with Gasteiger partial charge in [-0.25, -0.2) is 0 Å². The topological polar surface area (TPSA) is 9.23 Å². The molecule has 1 saturated heterocycles. The largest absolute Gasteiger partial charge is 0.381 e. The van der Waals surface area contributed by atoms with Crippen molar-refractivity contribution in [1.82, 2.24) is 0 Å². The first-order chi connectivity index (χ1) is 8.34. The molecule has 92 valence electrons. The summed E-state index contributed by atoms with van der Waals surface area (Å²) in [5.41, 5.74) is 3.07. The number of fused-ring (bicyclic) bond motifs is 1. The van der Waals surface area contributed by atoms with Crippen LogP contribution in [0.2, 0.25) is 0 Å². The van der Waals surface area contributed by atoms with E-state index in [1.54, 1.807) is 5.56 Å². The van der Waals surface area contributed by atoms with Gasteiger partial charge in [-0.3, -0.25) is 0 Å². The number of ether oxygens (including phenoxy) is 1. The molecule has 2 aliphatic rings. The predicted octanol–water partition coefficient (Wildman–Crippen LogP) is 4.11. The molecule has 1 aromatic carbocycles. The Labute approximate surface area is 112 Å². The zero-order valence-electron chi connectivity index (χ0n) is 10.1. The Bertz CT molecular complexity index is 384. The maximum atomic E-state index is 5.44. The monoisotopic (exact) mass is 294 g/mol. The molecule has 1 aliphatic carbocycles. The van der Waals surface area contributed by atoms with Crippen molar-refractivity contribution < 1.29 is 4.74 Å². The molecular formula is C15H19BrO. The minimum absolute atomic E-state index is 0.571. The number of benzene rings is 1. The average Bonchev–Trinajstić information content (AvgIpc) is 2.68. The fourth-order valence-electron chi connectivity index (χ4n) is 3.24. The van der Waals surface area contributed by atoms with Crippen LogP contribution < -0.4 is 0 Å². The first-order valence-electron chi connectivity index (χ1n) is 6.64. The summed E-state index contributed by atoms with van der Waals surface area (Å²) in [6.45, 7) is 1.94. The predicted molar refractivity (Wildman–Crippen MR) is 73.5 cm³/mol. The van der Waals surface area contributed by atoms with Crippen molar-refractivity contribution >= 4 is 15.9 Å². The molecule has 0 N–H and O–H groups in total. The summed E-state index contributed by atoms with van der Waals surface area (Å²) in [7, 11) is 0. The minimum Gasteiger partial charge on any atom is -0.381 e. The van der Waals surface area contributed by atoms with Crippen molar-refractivity contribution in [3.8, 4) is 0 Å². The zero-order valence-corrected chi connectivity index (χ0v) is 11.7. The molecule has 0 radical (unpaired) electrons. The Balaban J connectivity index is 1.67. The van der Waals surface area contributed by atoms with E-state index >= 15 is 0 Å². The summed E-state index contributed by atoms with van der Waals surface area (Å²) < 4.78 is 5.44. The third-order valence-electron chi connectivity index (χ3n) is 4.23. The number of alkyl halides is 1. The highest BCUT2D eigenvalue weighted by Crippen LogP contribution is 2.45. The molecule has 0 spiro atoms. The zero-order chi connectivity index (χ0) is 11.7. The number of hydrogen-bond acceptors (Lipinski definition) is 1. The van der Waals surface area contributed by atoms with E-state index in [4.69, 9.17) is 4.74 Å². The Morgan fingerprint density at radius 2 is 1.94 bits per heavy atom. The van der Waals surface area contributed by atoms with E-state index in [1.165, 1.54) is 31.2 Å². The lowest BCUT2D eigenvalue weighted by Gasteiger charge is -2.26. The molecule has 1 nitrogen and oxygen atoms in total. The molecule has 1 aliphatic heterocycles. The second-order valence-electron chi connectivity index (χ2n) is 5.36. The maximum absolute atomic E-state index is 5.44. The average molecular weight is 295 g/mol. The molecule has 1 aromatic rings. The molecule has 2 atom stereocenters. The molecular weight excluding hydrogens is 276 g/mol. The first kappa shape index (κ1) is 11.7. The van der Waals surface area contributed by atoms with E-state index in [0.29, 0.717) is 4.83 Å². The van der Waals surface area contributed by atoms with Crippen LogP contribution in [-0.4, -0.2) is 13.2 Å². The van der Waals surface area contributed by atoms with E-state index < -0.39 is 0 Å². The van der Waals surface area contributed by atoms with Crippen LogP contribution in [0.1, 0.15) is 35.2 Å². The second kappa shape index (κ2) is 5.11. The molecule has 2 unspecified atom stereocenters. The van der Waals surface area contributed by atoms with E-state index in [1.807, 2.05) is 0 Å². The normalized spacial score (nSPS) is 29.2. The first-order valence-corrected chi connectivity index (χ1v) is 7.56. The number of hydrogen-bond donors (Lipinski definition) is 0. The van der Waals surface area contributed by atoms with Crippen molar-refractivity contribution in [1.29, 1.82) is 0 Å². The van der Waals surface area contributed by atoms with Gasteiger partial charge in [0.05, 0.1) is 0 Å². The third-order valence-corrected chi connectivity index (χ3v) is 5.47. The minimum atomic E-state index is 0.571. The quantitative estimate of drug-likeness (QED) is 0.746. The van der Waals surface area contributed by atoms with Gasteiger partial charge < -0.3 is 4.74 Å². The van der Waals surface area contributed by atoms with Crippen molar-refractivity contribution in [3.05, 3.63) is 35.4 Å². The van der Waals surface area contributed by atoms with Gasteiger partial charge in [-0.2, -0.15) is 0 Å². The van der Waals surface area contributed by atoms with Gasteiger partial charge in [-0.15, -0.1) is 0 Å². The molecule has 1 fully saturated rings. The molecule has 3 rings (SSSR count). The summed E-state index contributed by atoms with van der Waals surface area (Å²) in [4.78, 5) is 0.571. The second-order valence-corrected chi connectivity index (χ2v) is 6.34. The fourth-order valence-corrected chi connectivity index (χ4v) is 4.09. The molecule has 0 bridgehead atoms. The van der Waals surface area contributed by atoms with Gasteiger partial charge in [0, 0.05) is 18.0 Å². The van der Waals surface area contributed by atoms with Crippen LogP contribution in [0.5, 0.6) is 0 Å². The maximum Gasteiger partial charge on any atom is 0.0468 e. The van der Waals surface area contributed by atoms with Crippen LogP contribution in [0.25, 0.3) is 0 Å². The number of rotatable bonds is 2. The van der Waals surface area contributed by atoms with Crippen LogP contribution in [0, 0.1) is 11.8 Å². The summed E-state index contributed by atoms with van der Waals surface area (Å²) in [6, 6.07) is 8.88. The summed E-state index contributed by atoms with van der Waals surface area (Å²) in [5.74, 6) is 1.67. The van der Waals surface area contributed by atoms with Gasteiger partial charge >= 0.3 is 0 Å². The van der Waals surface area contributed by atoms with E-state index in [9.17, 15) is 0 Å². The van der Waals surface area contributed by atoms with Crippen molar-refractivity contribution in [2.75, 3.05) is 13.2 Å². The lowest BCUT2D eigenvalue weighted by molar-refractivity contribution is 0.0589. The Hall–Kier alpha value is -0.340. The van der Waals surface area contributed by atoms with Crippen LogP contribution in [-0.2, 0) is 11.2 Å². The lowest BCUT2D eigenvalue weighted by atomic mass is 9.87. The van der Waals surface area contributed by atoms with Crippen LogP contribution in [0.4, 0.5) is 0 Å². The van der Waals surface area contributed by atoms with Gasteiger partial charge in [0.2, 0.25) is 0 Å². The highest BCUT2D eigenvalue weighted by atomic mass is 79.9. The van der Waals surface area contributed by atoms with E-state index in [0.717, 1.165) is 25.0 Å². The van der Waals surface area contributed by atoms with Crippen molar-refractivity contribution in [3.63, 3.8) is 0 Å². The molecule has 0 saturated carbocycles. The highest BCUT2D eigenvalue weighted by Gasteiger charge is 2.32. The van der Waals surface area contributed by atoms with Gasteiger partial charge in [0.1, 0.15) is 0 Å². The number of halogens is 1. The van der Waals surface area contributed by atoms with E-state index in [2.05, 4.69) is 40.2 Å². The van der Waals surface area contributed by atoms with Gasteiger partial charge in [0.15, 0.2) is 0 Å². The van der Waals surface area contributed by atoms with Gasteiger partial charge in [-0.05, 0) is 48.6 Å². The third kappa shape index (κ3) is 2.43. The Morgan fingerprint density at radius 3 is 2.71 bits per heavy atom. The molecule has 17 heavy (non-hydrogen) atoms. The molecule has 1 heterocycles. The highest BCUT2D eigenvalue weighted by molar-refractivity contribution is 9.09. The van der Waals surface area contributed by atoms with Crippen molar-refractivity contribution in [2.24, 2.45) is 11.8 Å². The van der Waals surface area contributed by atoms with Crippen molar-refractivity contribution in [2.45, 2.75) is 30.5 Å². The van der Waals surface area contributed by atoms with E-state index in [-0.39, 0.29) is 0 Å². The van der Waals surface area contributed by atoms with Crippen LogP contribution >= 0.6 is 15.9 Å².